The summed E-state index contributed by atoms with van der Waals surface area (Å²) in [6, 6.07) is 7.12. The molecule has 0 fully saturated rings. The van der Waals surface area contributed by atoms with Crippen molar-refractivity contribution in [3.05, 3.63) is 24.3 Å². The lowest BCUT2D eigenvalue weighted by molar-refractivity contribution is -0.126. The number of rotatable bonds is 10. The van der Waals surface area contributed by atoms with Gasteiger partial charge in [0, 0.05) is 20.3 Å². The van der Waals surface area contributed by atoms with E-state index in [4.69, 9.17) is 19.9 Å². The smallest absolute Gasteiger partial charge is 0.253 e. The number of nitrogen functional groups attached to an aromatic ring is 1. The topological polar surface area (TPSA) is 82.8 Å². The molecule has 1 aromatic rings. The third-order valence-corrected chi connectivity index (χ3v) is 2.82. The zero-order valence-electron chi connectivity index (χ0n) is 12.6. The van der Waals surface area contributed by atoms with Crippen LogP contribution in [-0.2, 0) is 19.0 Å². The molecule has 21 heavy (non-hydrogen) atoms. The van der Waals surface area contributed by atoms with E-state index in [1.54, 1.807) is 26.2 Å². The number of nitrogens with two attached hydrogens (primary N) is 1. The predicted octanol–water partition coefficient (Wildman–Crippen LogP) is 1.67. The Hall–Kier alpha value is -1.63. The molecule has 0 aromatic heterocycles. The van der Waals surface area contributed by atoms with Gasteiger partial charge in [0.25, 0.3) is 5.91 Å². The predicted molar refractivity (Wildman–Crippen MR) is 82.2 cm³/mol. The molecule has 0 saturated carbocycles. The fourth-order valence-corrected chi connectivity index (χ4v) is 1.59. The van der Waals surface area contributed by atoms with Gasteiger partial charge in [-0.15, -0.1) is 0 Å². The summed E-state index contributed by atoms with van der Waals surface area (Å²) in [6.45, 7) is 3.91. The lowest BCUT2D eigenvalue weighted by atomic mass is 10.2. The Balaban J connectivity index is 2.18. The highest BCUT2D eigenvalue weighted by Crippen LogP contribution is 2.17. The molecule has 0 aliphatic rings. The number of methoxy groups -OCH3 is 1. The summed E-state index contributed by atoms with van der Waals surface area (Å²) >= 11 is 0. The van der Waals surface area contributed by atoms with Gasteiger partial charge in [-0.2, -0.15) is 0 Å². The van der Waals surface area contributed by atoms with Gasteiger partial charge in [0.1, 0.15) is 6.10 Å². The van der Waals surface area contributed by atoms with Crippen LogP contribution in [0.5, 0.6) is 0 Å². The van der Waals surface area contributed by atoms with Crippen LogP contribution in [0, 0.1) is 0 Å². The average Bonchev–Trinajstić information content (AvgIpc) is 2.48. The first-order chi connectivity index (χ1) is 10.1. The van der Waals surface area contributed by atoms with Gasteiger partial charge < -0.3 is 25.3 Å². The highest BCUT2D eigenvalue weighted by atomic mass is 16.5. The minimum Gasteiger partial charge on any atom is -0.397 e. The molecule has 0 saturated heterocycles. The number of carbonyl (C=O) groups excluding carboxylic acids is 1. The lowest BCUT2D eigenvalue weighted by Gasteiger charge is -2.14. The molecule has 1 unspecified atom stereocenters. The number of para-hydroxylation sites is 2. The van der Waals surface area contributed by atoms with Crippen molar-refractivity contribution in [1.82, 2.24) is 0 Å². The molecular formula is C15H24N2O4. The third-order valence-electron chi connectivity index (χ3n) is 2.82. The number of anilines is 2. The lowest BCUT2D eigenvalue weighted by Crippen LogP contribution is -2.28. The molecule has 1 atom stereocenters. The molecule has 0 heterocycles. The third kappa shape index (κ3) is 7.08. The fraction of sp³-hybridized carbons (Fsp3) is 0.533. The largest absolute Gasteiger partial charge is 0.397 e. The summed E-state index contributed by atoms with van der Waals surface area (Å²) in [5.41, 5.74) is 6.90. The van der Waals surface area contributed by atoms with E-state index in [9.17, 15) is 4.79 Å². The van der Waals surface area contributed by atoms with E-state index in [0.29, 0.717) is 37.8 Å². The van der Waals surface area contributed by atoms with Crippen molar-refractivity contribution >= 4 is 17.3 Å². The Bertz CT molecular complexity index is 426. The Kier molecular flexibility index (Phi) is 8.42. The van der Waals surface area contributed by atoms with Crippen molar-refractivity contribution in [2.45, 2.75) is 19.4 Å². The molecule has 0 aliphatic heterocycles. The molecule has 6 nitrogen and oxygen atoms in total. The highest BCUT2D eigenvalue weighted by molar-refractivity contribution is 5.96. The van der Waals surface area contributed by atoms with Crippen LogP contribution in [0.1, 0.15) is 13.3 Å². The molecule has 118 valence electrons. The molecular weight excluding hydrogens is 272 g/mol. The maximum Gasteiger partial charge on any atom is 0.253 e. The first kappa shape index (κ1) is 17.4. The second kappa shape index (κ2) is 10.1. The first-order valence-electron chi connectivity index (χ1n) is 6.98. The fourth-order valence-electron chi connectivity index (χ4n) is 1.59. The van der Waals surface area contributed by atoms with Crippen molar-refractivity contribution in [1.29, 1.82) is 0 Å². The molecule has 3 N–H and O–H groups in total. The number of amides is 1. The van der Waals surface area contributed by atoms with Crippen molar-refractivity contribution in [3.8, 4) is 0 Å². The summed E-state index contributed by atoms with van der Waals surface area (Å²) in [4.78, 5) is 11.9. The minimum atomic E-state index is -0.538. The first-order valence-corrected chi connectivity index (χ1v) is 6.98. The van der Waals surface area contributed by atoms with Gasteiger partial charge in [0.2, 0.25) is 0 Å². The molecule has 1 amide bonds. The normalized spacial score (nSPS) is 12.1. The summed E-state index contributed by atoms with van der Waals surface area (Å²) in [5, 5.41) is 2.74. The van der Waals surface area contributed by atoms with E-state index in [1.807, 2.05) is 12.1 Å². The molecule has 0 aliphatic carbocycles. The van der Waals surface area contributed by atoms with Gasteiger partial charge in [-0.3, -0.25) is 4.79 Å². The van der Waals surface area contributed by atoms with Crippen LogP contribution in [0.25, 0.3) is 0 Å². The van der Waals surface area contributed by atoms with Gasteiger partial charge in [0.15, 0.2) is 0 Å². The van der Waals surface area contributed by atoms with E-state index >= 15 is 0 Å². The average molecular weight is 296 g/mol. The quantitative estimate of drug-likeness (QED) is 0.507. The van der Waals surface area contributed by atoms with Crippen LogP contribution >= 0.6 is 0 Å². The summed E-state index contributed by atoms with van der Waals surface area (Å²) in [6.07, 6.45) is 0.193. The van der Waals surface area contributed by atoms with Crippen LogP contribution < -0.4 is 11.1 Å². The zero-order chi connectivity index (χ0) is 15.5. The Morgan fingerprint density at radius 1 is 1.24 bits per heavy atom. The standard InChI is InChI=1S/C15H24N2O4/c1-12(21-9-5-8-20-11-10-19-2)15(18)17-14-7-4-3-6-13(14)16/h3-4,6-7,12H,5,8-11,16H2,1-2H3,(H,17,18). The van der Waals surface area contributed by atoms with Crippen molar-refractivity contribution in [2.24, 2.45) is 0 Å². The van der Waals surface area contributed by atoms with Gasteiger partial charge >= 0.3 is 0 Å². The van der Waals surface area contributed by atoms with Crippen molar-refractivity contribution < 1.29 is 19.0 Å². The maximum atomic E-state index is 11.9. The molecule has 0 bridgehead atoms. The summed E-state index contributed by atoms with van der Waals surface area (Å²) in [7, 11) is 1.63. The van der Waals surface area contributed by atoms with Crippen molar-refractivity contribution in [2.75, 3.05) is 44.6 Å². The monoisotopic (exact) mass is 296 g/mol. The van der Waals surface area contributed by atoms with E-state index in [2.05, 4.69) is 5.32 Å². The number of hydrogen-bond acceptors (Lipinski definition) is 5. The Labute approximate surface area is 125 Å². The number of nitrogens with one attached hydrogen (secondary N) is 1. The molecule has 0 radical (unpaired) electrons. The number of benzene rings is 1. The van der Waals surface area contributed by atoms with E-state index < -0.39 is 6.10 Å². The van der Waals surface area contributed by atoms with Gasteiger partial charge in [0.05, 0.1) is 24.6 Å². The van der Waals surface area contributed by atoms with E-state index in [0.717, 1.165) is 6.42 Å². The maximum absolute atomic E-state index is 11.9. The number of ether oxygens (including phenoxy) is 3. The Morgan fingerprint density at radius 2 is 2.00 bits per heavy atom. The van der Waals surface area contributed by atoms with Crippen LogP contribution in [0.3, 0.4) is 0 Å². The minimum absolute atomic E-state index is 0.215. The second-order valence-electron chi connectivity index (χ2n) is 4.55. The molecule has 6 heteroatoms. The highest BCUT2D eigenvalue weighted by Gasteiger charge is 2.14. The summed E-state index contributed by atoms with van der Waals surface area (Å²) in [5.74, 6) is -0.215. The SMILES string of the molecule is COCCOCCCOC(C)C(=O)Nc1ccccc1N. The van der Waals surface area contributed by atoms with Crippen molar-refractivity contribution in [3.63, 3.8) is 0 Å². The molecule has 0 spiro atoms. The molecule has 1 rings (SSSR count). The number of hydrogen-bond donors (Lipinski definition) is 2. The van der Waals surface area contributed by atoms with Crippen LogP contribution in [-0.4, -0.2) is 45.5 Å². The zero-order valence-corrected chi connectivity index (χ0v) is 12.6. The van der Waals surface area contributed by atoms with Gasteiger partial charge in [-0.05, 0) is 25.5 Å². The van der Waals surface area contributed by atoms with Crippen LogP contribution in [0.2, 0.25) is 0 Å². The van der Waals surface area contributed by atoms with E-state index in [1.165, 1.54) is 0 Å². The van der Waals surface area contributed by atoms with Gasteiger partial charge in [-0.25, -0.2) is 0 Å². The second-order valence-corrected chi connectivity index (χ2v) is 4.55. The number of carbonyl (C=O) groups is 1. The summed E-state index contributed by atoms with van der Waals surface area (Å²) < 4.78 is 15.6. The van der Waals surface area contributed by atoms with Crippen LogP contribution in [0.15, 0.2) is 24.3 Å². The molecule has 1 aromatic carbocycles. The van der Waals surface area contributed by atoms with Crippen LogP contribution in [0.4, 0.5) is 11.4 Å². The van der Waals surface area contributed by atoms with Gasteiger partial charge in [-0.1, -0.05) is 12.1 Å². The van der Waals surface area contributed by atoms with E-state index in [-0.39, 0.29) is 5.91 Å². The Morgan fingerprint density at radius 3 is 2.71 bits per heavy atom.